The summed E-state index contributed by atoms with van der Waals surface area (Å²) in [5, 5.41) is 10.0. The summed E-state index contributed by atoms with van der Waals surface area (Å²) in [7, 11) is 0. The van der Waals surface area contributed by atoms with Crippen LogP contribution in [-0.2, 0) is 36.1 Å². The van der Waals surface area contributed by atoms with E-state index in [-0.39, 0.29) is 17.1 Å². The molecule has 1 saturated heterocycles. The van der Waals surface area contributed by atoms with E-state index in [2.05, 4.69) is 53.1 Å². The summed E-state index contributed by atoms with van der Waals surface area (Å²) < 4.78 is 0. The fourth-order valence-electron chi connectivity index (χ4n) is 2.88. The molecular weight excluding hydrogens is 480 g/mol. The first-order valence-corrected chi connectivity index (χ1v) is 11.8. The van der Waals surface area contributed by atoms with Gasteiger partial charge in [0.2, 0.25) is 0 Å². The number of rotatable bonds is 8. The van der Waals surface area contributed by atoms with Crippen LogP contribution in [0.5, 0.6) is 0 Å². The van der Waals surface area contributed by atoms with E-state index in [0.717, 1.165) is 41.1 Å². The van der Waals surface area contributed by atoms with Crippen molar-refractivity contribution in [3.63, 3.8) is 0 Å². The SMILES string of the molecule is CCN=C([S-])N/N=C(Cc1ccc(N2CCCC2)nc1)/C(C)=N/NC(=NCC)SC.[Cu+]. The van der Waals surface area contributed by atoms with Crippen LogP contribution in [0, 0.1) is 0 Å². The van der Waals surface area contributed by atoms with Gasteiger partial charge in [-0.15, -0.1) is 0 Å². The van der Waals surface area contributed by atoms with Gasteiger partial charge in [-0.1, -0.05) is 17.8 Å². The van der Waals surface area contributed by atoms with Gasteiger partial charge in [0.25, 0.3) is 0 Å². The molecule has 0 atom stereocenters. The second-order valence-corrected chi connectivity index (χ2v) is 7.82. The molecule has 0 radical (unpaired) electrons. The number of hydrazone groups is 2. The Morgan fingerprint density at radius 1 is 1.13 bits per heavy atom. The monoisotopic (exact) mass is 510 g/mol. The van der Waals surface area contributed by atoms with Crippen molar-refractivity contribution in [2.24, 2.45) is 20.2 Å². The van der Waals surface area contributed by atoms with Gasteiger partial charge in [0.05, 0.1) is 11.4 Å². The molecule has 0 spiro atoms. The van der Waals surface area contributed by atoms with Crippen LogP contribution in [0.15, 0.2) is 38.5 Å². The Balaban J connectivity index is 0.00000480. The summed E-state index contributed by atoms with van der Waals surface area (Å²) >= 11 is 6.70. The van der Waals surface area contributed by atoms with Gasteiger partial charge in [-0.25, -0.2) is 4.98 Å². The van der Waals surface area contributed by atoms with Crippen molar-refractivity contribution in [1.29, 1.82) is 0 Å². The molecule has 0 aliphatic carbocycles. The summed E-state index contributed by atoms with van der Waals surface area (Å²) in [4.78, 5) is 15.5. The minimum Gasteiger partial charge on any atom is -0.741 e. The summed E-state index contributed by atoms with van der Waals surface area (Å²) in [5.74, 6) is 1.03. The van der Waals surface area contributed by atoms with Gasteiger partial charge in [-0.05, 0) is 56.7 Å². The van der Waals surface area contributed by atoms with E-state index < -0.39 is 0 Å². The minimum atomic E-state index is 0. The predicted octanol–water partition coefficient (Wildman–Crippen LogP) is 2.79. The Kier molecular flexibility index (Phi) is 13.4. The molecule has 2 heterocycles. The van der Waals surface area contributed by atoms with Crippen molar-refractivity contribution in [2.45, 2.75) is 40.0 Å². The van der Waals surface area contributed by atoms with Crippen LogP contribution >= 0.6 is 11.8 Å². The Morgan fingerprint density at radius 3 is 2.42 bits per heavy atom. The zero-order chi connectivity index (χ0) is 21.8. The largest absolute Gasteiger partial charge is 1.00 e. The molecule has 2 N–H and O–H groups in total. The van der Waals surface area contributed by atoms with Crippen LogP contribution in [0.4, 0.5) is 5.82 Å². The third kappa shape index (κ3) is 9.55. The number of nitrogens with zero attached hydrogens (tertiary/aromatic N) is 6. The number of hydrogen-bond donors (Lipinski definition) is 2. The fraction of sp³-hybridized carbons (Fsp3) is 0.550. The van der Waals surface area contributed by atoms with Gasteiger partial charge in [0.15, 0.2) is 5.17 Å². The molecule has 1 fully saturated rings. The average molecular weight is 511 g/mol. The molecule has 1 aliphatic heterocycles. The molecule has 1 aromatic rings. The molecule has 0 aromatic carbocycles. The average Bonchev–Trinajstić information content (AvgIpc) is 3.29. The molecule has 174 valence electrons. The molecule has 0 unspecified atom stereocenters. The molecule has 1 aliphatic rings. The number of thioether (sulfide) groups is 1. The van der Waals surface area contributed by atoms with Gasteiger partial charge < -0.3 is 17.5 Å². The normalized spacial score (nSPS) is 15.7. The molecule has 2 rings (SSSR count). The number of nitrogens with one attached hydrogen (secondary N) is 2. The maximum atomic E-state index is 5.18. The third-order valence-corrected chi connectivity index (χ3v) is 5.26. The van der Waals surface area contributed by atoms with E-state index in [0.29, 0.717) is 24.7 Å². The van der Waals surface area contributed by atoms with E-state index in [1.54, 1.807) is 0 Å². The topological polar surface area (TPSA) is 89.6 Å². The van der Waals surface area contributed by atoms with E-state index in [1.165, 1.54) is 24.6 Å². The van der Waals surface area contributed by atoms with Gasteiger partial charge in [0.1, 0.15) is 5.82 Å². The molecular formula is C20H31CuN8S2. The van der Waals surface area contributed by atoms with Crippen molar-refractivity contribution < 1.29 is 17.1 Å². The summed E-state index contributed by atoms with van der Waals surface area (Å²) in [6.07, 6.45) is 6.91. The van der Waals surface area contributed by atoms with Crippen molar-refractivity contribution in [2.75, 3.05) is 37.3 Å². The number of aliphatic imine (C=N–C) groups is 2. The van der Waals surface area contributed by atoms with Crippen LogP contribution in [0.3, 0.4) is 0 Å². The van der Waals surface area contributed by atoms with Gasteiger partial charge in [-0.3, -0.25) is 20.8 Å². The number of pyridine rings is 1. The van der Waals surface area contributed by atoms with Crippen molar-refractivity contribution in [3.8, 4) is 0 Å². The Hall–Kier alpha value is -1.68. The van der Waals surface area contributed by atoms with E-state index in [1.807, 2.05) is 33.2 Å². The fourth-order valence-corrected chi connectivity index (χ4v) is 3.45. The molecule has 8 nitrogen and oxygen atoms in total. The van der Waals surface area contributed by atoms with Crippen LogP contribution in [0.2, 0.25) is 0 Å². The molecule has 0 bridgehead atoms. The van der Waals surface area contributed by atoms with Gasteiger partial charge in [0, 0.05) is 38.8 Å². The summed E-state index contributed by atoms with van der Waals surface area (Å²) in [6, 6.07) is 4.17. The smallest absolute Gasteiger partial charge is 0.741 e. The van der Waals surface area contributed by atoms with Crippen LogP contribution < -0.4 is 15.8 Å². The molecule has 31 heavy (non-hydrogen) atoms. The van der Waals surface area contributed by atoms with Crippen molar-refractivity contribution >= 4 is 52.0 Å². The van der Waals surface area contributed by atoms with Crippen LogP contribution in [0.1, 0.15) is 39.2 Å². The predicted molar refractivity (Wildman–Crippen MR) is 133 cm³/mol. The number of amidine groups is 2. The Bertz CT molecular complexity index is 787. The first kappa shape index (κ1) is 27.4. The summed E-state index contributed by atoms with van der Waals surface area (Å²) in [6.45, 7) is 9.29. The molecule has 0 saturated carbocycles. The van der Waals surface area contributed by atoms with Gasteiger partial charge >= 0.3 is 17.1 Å². The van der Waals surface area contributed by atoms with Crippen molar-refractivity contribution in [3.05, 3.63) is 23.9 Å². The standard InChI is InChI=1S/C20H32N8S2.Cu/c1-5-21-19(29)26-25-17(15(3)24-27-20(30-4)22-6-2)13-16-9-10-18(23-14-16)28-11-7-8-12-28;/h9-10,14H,5-8,11-13H2,1-4H3,(H,22,27)(H2,21,26,29);/q;+1/p-1/b24-15+,25-17+;. The Labute approximate surface area is 205 Å². The van der Waals surface area contributed by atoms with E-state index in [9.17, 15) is 0 Å². The van der Waals surface area contributed by atoms with E-state index >= 15 is 0 Å². The Morgan fingerprint density at radius 2 is 1.84 bits per heavy atom. The third-order valence-electron chi connectivity index (χ3n) is 4.43. The summed E-state index contributed by atoms with van der Waals surface area (Å²) in [5.41, 5.74) is 8.40. The zero-order valence-corrected chi connectivity index (χ0v) is 21.1. The van der Waals surface area contributed by atoms with Crippen molar-refractivity contribution in [1.82, 2.24) is 15.8 Å². The van der Waals surface area contributed by atoms with Crippen LogP contribution in [0.25, 0.3) is 0 Å². The molecule has 1 aromatic heterocycles. The van der Waals surface area contributed by atoms with Gasteiger partial charge in [-0.2, -0.15) is 10.2 Å². The minimum absolute atomic E-state index is 0. The quantitative estimate of drug-likeness (QED) is 0.184. The second-order valence-electron chi connectivity index (χ2n) is 6.64. The first-order valence-electron chi connectivity index (χ1n) is 10.2. The number of hydrogen-bond acceptors (Lipinski definition) is 8. The molecule has 0 amide bonds. The number of anilines is 1. The first-order chi connectivity index (χ1) is 14.6. The molecule has 11 heteroatoms. The maximum absolute atomic E-state index is 5.18. The van der Waals surface area contributed by atoms with Crippen LogP contribution in [-0.4, -0.2) is 59.2 Å². The second kappa shape index (κ2) is 15.2. The number of aromatic nitrogens is 1. The van der Waals surface area contributed by atoms with E-state index in [4.69, 9.17) is 12.6 Å². The zero-order valence-electron chi connectivity index (χ0n) is 18.5. The maximum Gasteiger partial charge on any atom is 1.00 e.